The number of fused-ring (bicyclic) bond motifs is 1. The maximum absolute atomic E-state index is 12.6. The first-order valence-corrected chi connectivity index (χ1v) is 10.5. The number of carbonyl (C=O) groups is 3. The summed E-state index contributed by atoms with van der Waals surface area (Å²) in [7, 11) is 0. The molecule has 1 saturated heterocycles. The zero-order chi connectivity index (χ0) is 23.8. The number of ether oxygens (including phenoxy) is 2. The number of aliphatic carboxylic acids is 1. The van der Waals surface area contributed by atoms with Gasteiger partial charge in [0, 0.05) is 13.1 Å². The number of amides is 1. The number of aliphatic hydroxyl groups excluding tert-OH is 4. The highest BCUT2D eigenvalue weighted by molar-refractivity contribution is 9.10. The second-order valence-electron chi connectivity index (χ2n) is 7.55. The average molecular weight is 519 g/mol. The zero-order valence-electron chi connectivity index (χ0n) is 16.8. The molecule has 1 aromatic heterocycles. The summed E-state index contributed by atoms with van der Waals surface area (Å²) in [6.07, 6.45) is -3.19. The predicted molar refractivity (Wildman–Crippen MR) is 110 cm³/mol. The Morgan fingerprint density at radius 1 is 1.44 bits per heavy atom. The molecule has 1 aliphatic heterocycles. The van der Waals surface area contributed by atoms with Crippen LogP contribution < -0.4 is 10.1 Å². The van der Waals surface area contributed by atoms with Crippen LogP contribution in [0.15, 0.2) is 12.3 Å². The van der Waals surface area contributed by atoms with E-state index in [0.717, 1.165) is 6.92 Å². The smallest absolute Gasteiger partial charge is 0.377 e. The van der Waals surface area contributed by atoms with Crippen molar-refractivity contribution in [1.29, 1.82) is 0 Å². The molecular weight excluding hydrogens is 496 g/mol. The molecule has 1 amide bonds. The SMILES string of the molecule is CC(=O)NC1C(O)CC(Oc2c[nH]c3c2C(=O)C(Br)C=C3)(C(=O)O)OC1[C@H](O)[C@H](O)CO. The summed E-state index contributed by atoms with van der Waals surface area (Å²) in [5.74, 6) is -5.45. The molecule has 2 aliphatic rings. The van der Waals surface area contributed by atoms with Crippen molar-refractivity contribution in [2.45, 2.75) is 54.4 Å². The Bertz CT molecular complexity index is 933. The van der Waals surface area contributed by atoms with E-state index < -0.39 is 71.8 Å². The van der Waals surface area contributed by atoms with Crippen LogP contribution in [0.1, 0.15) is 29.4 Å². The highest BCUT2D eigenvalue weighted by Crippen LogP contribution is 2.38. The number of aliphatic hydroxyl groups is 4. The fraction of sp³-hybridized carbons (Fsp3) is 0.526. The van der Waals surface area contributed by atoms with Crippen molar-refractivity contribution in [3.8, 4) is 5.75 Å². The largest absolute Gasteiger partial charge is 0.476 e. The van der Waals surface area contributed by atoms with E-state index >= 15 is 0 Å². The Balaban J connectivity index is 2.00. The van der Waals surface area contributed by atoms with Gasteiger partial charge in [-0.1, -0.05) is 22.0 Å². The molecule has 0 saturated carbocycles. The van der Waals surface area contributed by atoms with Crippen LogP contribution in [0, 0.1) is 0 Å². The van der Waals surface area contributed by atoms with E-state index in [2.05, 4.69) is 26.2 Å². The minimum atomic E-state index is -2.59. The fourth-order valence-corrected chi connectivity index (χ4v) is 4.08. The molecule has 0 aromatic carbocycles. The lowest BCUT2D eigenvalue weighted by atomic mass is 9.88. The molecule has 32 heavy (non-hydrogen) atoms. The second-order valence-corrected chi connectivity index (χ2v) is 8.53. The summed E-state index contributed by atoms with van der Waals surface area (Å²) in [5.41, 5.74) is 0.436. The standard InChI is InChI=1S/C19H23BrN2O10/c1-7(24)22-14-10(25)4-19(18(29)30,32-17(14)16(28)11(26)6-23)31-12-5-21-9-3-2-8(20)15(27)13(9)12/h2-3,5,8,10-11,14,16-17,21,23,25-26,28H,4,6H2,1H3,(H,22,24)(H,29,30)/t8?,10?,11-,14?,16-,17?,19?/m1/s1. The molecule has 0 spiro atoms. The van der Waals surface area contributed by atoms with Gasteiger partial charge in [0.05, 0.1) is 41.3 Å². The van der Waals surface area contributed by atoms with Crippen LogP contribution >= 0.6 is 15.9 Å². The third-order valence-corrected chi connectivity index (χ3v) is 5.99. The molecule has 12 nitrogen and oxygen atoms in total. The lowest BCUT2D eigenvalue weighted by molar-refractivity contribution is -0.284. The van der Waals surface area contributed by atoms with Crippen molar-refractivity contribution in [3.05, 3.63) is 23.5 Å². The fourth-order valence-electron chi connectivity index (χ4n) is 3.70. The number of halogens is 1. The number of hydrogen-bond donors (Lipinski definition) is 7. The lowest BCUT2D eigenvalue weighted by Crippen LogP contribution is -2.68. The van der Waals surface area contributed by atoms with Gasteiger partial charge in [0.15, 0.2) is 11.5 Å². The van der Waals surface area contributed by atoms with Gasteiger partial charge in [-0.2, -0.15) is 0 Å². The lowest BCUT2D eigenvalue weighted by Gasteiger charge is -2.46. The summed E-state index contributed by atoms with van der Waals surface area (Å²) >= 11 is 3.18. The van der Waals surface area contributed by atoms with Gasteiger partial charge >= 0.3 is 11.8 Å². The van der Waals surface area contributed by atoms with Gasteiger partial charge in [-0.05, 0) is 6.08 Å². The van der Waals surface area contributed by atoms with Crippen LogP contribution in [0.2, 0.25) is 0 Å². The summed E-state index contributed by atoms with van der Waals surface area (Å²) < 4.78 is 11.2. The first kappa shape index (κ1) is 24.4. The van der Waals surface area contributed by atoms with Gasteiger partial charge in [-0.25, -0.2) is 4.79 Å². The second kappa shape index (κ2) is 9.29. The quantitative estimate of drug-likeness (QED) is 0.209. The van der Waals surface area contributed by atoms with Crippen molar-refractivity contribution in [2.75, 3.05) is 6.61 Å². The normalized spacial score (nSPS) is 31.5. The number of aromatic nitrogens is 1. The van der Waals surface area contributed by atoms with E-state index in [1.165, 1.54) is 6.20 Å². The topological polar surface area (TPSA) is 199 Å². The predicted octanol–water partition coefficient (Wildman–Crippen LogP) is -1.48. The van der Waals surface area contributed by atoms with Crippen LogP contribution in [0.5, 0.6) is 5.75 Å². The molecule has 2 heterocycles. The van der Waals surface area contributed by atoms with Crippen LogP contribution in [-0.4, -0.2) is 95.9 Å². The molecule has 5 unspecified atom stereocenters. The number of aromatic amines is 1. The minimum absolute atomic E-state index is 0.0598. The number of alkyl halides is 1. The average Bonchev–Trinajstić information content (AvgIpc) is 3.14. The van der Waals surface area contributed by atoms with E-state index in [9.17, 15) is 39.9 Å². The number of H-pyrrole nitrogens is 1. The molecule has 1 fully saturated rings. The van der Waals surface area contributed by atoms with Crippen molar-refractivity contribution in [3.63, 3.8) is 0 Å². The zero-order valence-corrected chi connectivity index (χ0v) is 18.4. The number of hydrogen-bond acceptors (Lipinski definition) is 9. The Kier molecular flexibility index (Phi) is 7.07. The van der Waals surface area contributed by atoms with Gasteiger partial charge in [0.25, 0.3) is 0 Å². The molecule has 1 aliphatic carbocycles. The van der Waals surface area contributed by atoms with E-state index in [0.29, 0.717) is 5.69 Å². The molecule has 0 radical (unpaired) electrons. The first-order valence-electron chi connectivity index (χ1n) is 9.61. The van der Waals surface area contributed by atoms with Gasteiger partial charge in [-0.15, -0.1) is 0 Å². The highest BCUT2D eigenvalue weighted by atomic mass is 79.9. The van der Waals surface area contributed by atoms with Gasteiger partial charge in [0.2, 0.25) is 5.91 Å². The van der Waals surface area contributed by atoms with Crippen LogP contribution in [0.4, 0.5) is 0 Å². The highest BCUT2D eigenvalue weighted by Gasteiger charge is 2.57. The van der Waals surface area contributed by atoms with Crippen LogP contribution in [0.3, 0.4) is 0 Å². The maximum Gasteiger partial charge on any atom is 0.377 e. The number of Topliss-reactive ketones (excluding diaryl/α,β-unsaturated/α-hetero) is 1. The number of ketones is 1. The minimum Gasteiger partial charge on any atom is -0.476 e. The molecule has 7 atom stereocenters. The molecule has 0 bridgehead atoms. The molecule has 3 rings (SSSR count). The third-order valence-electron chi connectivity index (χ3n) is 5.26. The number of carbonyl (C=O) groups excluding carboxylic acids is 2. The molecule has 1 aromatic rings. The number of carboxylic acids is 1. The van der Waals surface area contributed by atoms with Crippen molar-refractivity contribution in [1.82, 2.24) is 10.3 Å². The Morgan fingerprint density at radius 3 is 2.72 bits per heavy atom. The number of allylic oxidation sites excluding steroid dienone is 1. The van der Waals surface area contributed by atoms with Crippen molar-refractivity contribution >= 4 is 39.7 Å². The van der Waals surface area contributed by atoms with Gasteiger partial charge in [0.1, 0.15) is 18.3 Å². The van der Waals surface area contributed by atoms with Crippen LogP contribution in [-0.2, 0) is 14.3 Å². The summed E-state index contributed by atoms with van der Waals surface area (Å²) in [6.45, 7) is 0.236. The molecule has 176 valence electrons. The monoisotopic (exact) mass is 518 g/mol. The van der Waals surface area contributed by atoms with Crippen molar-refractivity contribution in [2.24, 2.45) is 0 Å². The molecular formula is C19H23BrN2O10. The van der Waals surface area contributed by atoms with Crippen LogP contribution in [0.25, 0.3) is 6.08 Å². The Morgan fingerprint density at radius 2 is 2.12 bits per heavy atom. The van der Waals surface area contributed by atoms with Gasteiger partial charge < -0.3 is 45.3 Å². The number of nitrogens with one attached hydrogen (secondary N) is 2. The Labute approximate surface area is 190 Å². The summed E-state index contributed by atoms with van der Waals surface area (Å²) in [5, 5.41) is 52.4. The maximum atomic E-state index is 12.6. The molecule has 7 N–H and O–H groups in total. The van der Waals surface area contributed by atoms with E-state index in [-0.39, 0.29) is 11.3 Å². The Hall–Kier alpha value is -2.29. The van der Waals surface area contributed by atoms with Gasteiger partial charge in [-0.3, -0.25) is 9.59 Å². The molecule has 13 heteroatoms. The van der Waals surface area contributed by atoms with E-state index in [4.69, 9.17) is 9.47 Å². The summed E-state index contributed by atoms with van der Waals surface area (Å²) in [6, 6.07) is -1.32. The van der Waals surface area contributed by atoms with Crippen molar-refractivity contribution < 1.29 is 49.4 Å². The summed E-state index contributed by atoms with van der Waals surface area (Å²) in [4.78, 5) is 38.5. The number of rotatable bonds is 7. The van der Waals surface area contributed by atoms with E-state index in [1.54, 1.807) is 12.2 Å². The van der Waals surface area contributed by atoms with E-state index in [1.807, 2.05) is 0 Å². The number of carboxylic acid groups (broad SMARTS) is 1. The first-order chi connectivity index (χ1) is 15.0. The third kappa shape index (κ3) is 4.44.